The molecule has 1 unspecified atom stereocenters. The third kappa shape index (κ3) is 3.93. The smallest absolute Gasteiger partial charge is 0.223 e. The van der Waals surface area contributed by atoms with Gasteiger partial charge in [0.1, 0.15) is 5.78 Å². The number of likely N-dealkylation sites (tertiary alicyclic amines) is 1. The zero-order valence-corrected chi connectivity index (χ0v) is 10.5. The largest absolute Gasteiger partial charge is 0.341 e. The van der Waals surface area contributed by atoms with Gasteiger partial charge in [-0.3, -0.25) is 4.79 Å². The molecule has 4 heteroatoms. The minimum atomic E-state index is 0.0857. The molecule has 0 aromatic heterocycles. The predicted molar refractivity (Wildman–Crippen MR) is 63.2 cm³/mol. The zero-order valence-electron chi connectivity index (χ0n) is 10.5. The Kier molecular flexibility index (Phi) is 4.93. The van der Waals surface area contributed by atoms with Crippen LogP contribution in [0.15, 0.2) is 0 Å². The summed E-state index contributed by atoms with van der Waals surface area (Å²) in [4.78, 5) is 26.7. The van der Waals surface area contributed by atoms with Crippen LogP contribution in [0.5, 0.6) is 0 Å². The topological polar surface area (TPSA) is 40.6 Å². The van der Waals surface area contributed by atoms with Crippen LogP contribution in [0.4, 0.5) is 0 Å². The van der Waals surface area contributed by atoms with Gasteiger partial charge in [-0.25, -0.2) is 0 Å². The van der Waals surface area contributed by atoms with E-state index in [0.717, 1.165) is 25.9 Å². The maximum atomic E-state index is 11.8. The molecule has 0 radical (unpaired) electrons. The second-order valence-corrected chi connectivity index (χ2v) is 4.76. The molecule has 1 fully saturated rings. The third-order valence-corrected chi connectivity index (χ3v) is 3.23. The van der Waals surface area contributed by atoms with Crippen LogP contribution in [0.1, 0.15) is 32.6 Å². The lowest BCUT2D eigenvalue weighted by Gasteiger charge is -2.35. The highest BCUT2D eigenvalue weighted by Gasteiger charge is 2.24. The van der Waals surface area contributed by atoms with E-state index in [2.05, 4.69) is 11.9 Å². The number of nitrogens with zero attached hydrogens (tertiary/aromatic N) is 2. The molecule has 0 aliphatic carbocycles. The summed E-state index contributed by atoms with van der Waals surface area (Å²) in [5, 5.41) is 0. The van der Waals surface area contributed by atoms with Crippen molar-refractivity contribution in [1.29, 1.82) is 0 Å². The number of ketones is 1. The molecule has 1 saturated heterocycles. The highest BCUT2D eigenvalue weighted by molar-refractivity contribution is 5.83. The number of Topliss-reactive ketones (excluding diaryl/α,β-unsaturated/α-hetero) is 1. The molecule has 0 spiro atoms. The molecular formula is C12H22N2O2. The van der Waals surface area contributed by atoms with E-state index in [-0.39, 0.29) is 11.7 Å². The van der Waals surface area contributed by atoms with Crippen molar-refractivity contribution in [2.75, 3.05) is 27.2 Å². The molecule has 4 nitrogen and oxygen atoms in total. The lowest BCUT2D eigenvalue weighted by atomic mass is 10.0. The van der Waals surface area contributed by atoms with Crippen LogP contribution < -0.4 is 0 Å². The molecule has 1 rings (SSSR count). The molecule has 0 bridgehead atoms. The van der Waals surface area contributed by atoms with Crippen LogP contribution in [-0.4, -0.2) is 54.7 Å². The number of piperidine rings is 1. The van der Waals surface area contributed by atoms with Gasteiger partial charge in [0.2, 0.25) is 5.91 Å². The van der Waals surface area contributed by atoms with Crippen molar-refractivity contribution in [2.24, 2.45) is 0 Å². The molecular weight excluding hydrogens is 204 g/mol. The molecule has 92 valence electrons. The number of carbonyl (C=O) groups is 2. The Morgan fingerprint density at radius 2 is 2.06 bits per heavy atom. The average molecular weight is 226 g/mol. The Hall–Kier alpha value is -0.900. The van der Waals surface area contributed by atoms with E-state index in [1.165, 1.54) is 6.92 Å². The molecule has 1 heterocycles. The highest BCUT2D eigenvalue weighted by Crippen LogP contribution is 2.14. The Balaban J connectivity index is 2.39. The van der Waals surface area contributed by atoms with Crippen LogP contribution in [0, 0.1) is 0 Å². The quantitative estimate of drug-likeness (QED) is 0.715. The SMILES string of the molecule is CC(=O)CCC(=O)N(C)C1CCCN(C)C1. The van der Waals surface area contributed by atoms with Crippen molar-refractivity contribution in [2.45, 2.75) is 38.6 Å². The van der Waals surface area contributed by atoms with Crippen molar-refractivity contribution in [3.63, 3.8) is 0 Å². The normalized spacial score (nSPS) is 21.8. The van der Waals surface area contributed by atoms with E-state index in [9.17, 15) is 9.59 Å². The highest BCUT2D eigenvalue weighted by atomic mass is 16.2. The van der Waals surface area contributed by atoms with E-state index in [1.807, 2.05) is 11.9 Å². The number of likely N-dealkylation sites (N-methyl/N-ethyl adjacent to an activating group) is 2. The monoisotopic (exact) mass is 226 g/mol. The molecule has 1 amide bonds. The molecule has 0 aromatic rings. The van der Waals surface area contributed by atoms with Gasteiger partial charge in [-0.15, -0.1) is 0 Å². The maximum Gasteiger partial charge on any atom is 0.223 e. The molecule has 1 aliphatic heterocycles. The Labute approximate surface area is 97.6 Å². The fourth-order valence-corrected chi connectivity index (χ4v) is 2.12. The molecule has 0 N–H and O–H groups in total. The Morgan fingerprint density at radius 3 is 2.62 bits per heavy atom. The van der Waals surface area contributed by atoms with Crippen molar-refractivity contribution in [1.82, 2.24) is 9.80 Å². The summed E-state index contributed by atoms with van der Waals surface area (Å²) in [6.45, 7) is 3.59. The van der Waals surface area contributed by atoms with Gasteiger partial charge in [0.25, 0.3) is 0 Å². The first-order valence-corrected chi connectivity index (χ1v) is 5.94. The molecule has 0 aromatic carbocycles. The summed E-state index contributed by atoms with van der Waals surface area (Å²) >= 11 is 0. The van der Waals surface area contributed by atoms with Crippen molar-refractivity contribution < 1.29 is 9.59 Å². The minimum absolute atomic E-state index is 0.0857. The minimum Gasteiger partial charge on any atom is -0.341 e. The Bertz CT molecular complexity index is 266. The van der Waals surface area contributed by atoms with E-state index < -0.39 is 0 Å². The lowest BCUT2D eigenvalue weighted by Crippen LogP contribution is -2.47. The second-order valence-electron chi connectivity index (χ2n) is 4.76. The van der Waals surface area contributed by atoms with Gasteiger partial charge < -0.3 is 14.6 Å². The summed E-state index contributed by atoms with van der Waals surface area (Å²) in [7, 11) is 3.94. The lowest BCUT2D eigenvalue weighted by molar-refractivity contribution is -0.134. The second kappa shape index (κ2) is 5.99. The van der Waals surface area contributed by atoms with E-state index in [0.29, 0.717) is 18.9 Å². The van der Waals surface area contributed by atoms with Gasteiger partial charge in [0.05, 0.1) is 0 Å². The molecule has 16 heavy (non-hydrogen) atoms. The van der Waals surface area contributed by atoms with E-state index >= 15 is 0 Å². The zero-order chi connectivity index (χ0) is 12.1. The fourth-order valence-electron chi connectivity index (χ4n) is 2.12. The first-order valence-electron chi connectivity index (χ1n) is 5.94. The summed E-state index contributed by atoms with van der Waals surface area (Å²) in [6.07, 6.45) is 2.94. The third-order valence-electron chi connectivity index (χ3n) is 3.23. The summed E-state index contributed by atoms with van der Waals surface area (Å²) in [5.74, 6) is 0.179. The van der Waals surface area contributed by atoms with Gasteiger partial charge in [0, 0.05) is 32.5 Å². The van der Waals surface area contributed by atoms with Crippen LogP contribution >= 0.6 is 0 Å². The summed E-state index contributed by atoms with van der Waals surface area (Å²) in [6, 6.07) is 0.318. The number of hydrogen-bond acceptors (Lipinski definition) is 3. The summed E-state index contributed by atoms with van der Waals surface area (Å²) in [5.41, 5.74) is 0. The Morgan fingerprint density at radius 1 is 1.38 bits per heavy atom. The van der Waals surface area contributed by atoms with Gasteiger partial charge in [0.15, 0.2) is 0 Å². The van der Waals surface area contributed by atoms with Crippen molar-refractivity contribution in [3.05, 3.63) is 0 Å². The van der Waals surface area contributed by atoms with Crippen LogP contribution in [0.25, 0.3) is 0 Å². The van der Waals surface area contributed by atoms with E-state index in [1.54, 1.807) is 0 Å². The maximum absolute atomic E-state index is 11.8. The predicted octanol–water partition coefficient (Wildman–Crippen LogP) is 0.908. The first kappa shape index (κ1) is 13.2. The number of hydrogen-bond donors (Lipinski definition) is 0. The van der Waals surface area contributed by atoms with Crippen molar-refractivity contribution in [3.8, 4) is 0 Å². The number of rotatable bonds is 4. The molecule has 0 saturated carbocycles. The molecule has 1 aliphatic rings. The summed E-state index contributed by atoms with van der Waals surface area (Å²) < 4.78 is 0. The van der Waals surface area contributed by atoms with Crippen molar-refractivity contribution >= 4 is 11.7 Å². The van der Waals surface area contributed by atoms with Gasteiger partial charge >= 0.3 is 0 Å². The van der Waals surface area contributed by atoms with Gasteiger partial charge in [-0.05, 0) is 33.4 Å². The number of carbonyl (C=O) groups excluding carboxylic acids is 2. The average Bonchev–Trinajstić information content (AvgIpc) is 2.24. The van der Waals surface area contributed by atoms with Crippen LogP contribution in [-0.2, 0) is 9.59 Å². The molecule has 1 atom stereocenters. The van der Waals surface area contributed by atoms with Crippen LogP contribution in [0.3, 0.4) is 0 Å². The van der Waals surface area contributed by atoms with Gasteiger partial charge in [-0.2, -0.15) is 0 Å². The standard InChI is InChI=1S/C12H22N2O2/c1-10(15)6-7-12(16)14(3)11-5-4-8-13(2)9-11/h11H,4-9H2,1-3H3. The fraction of sp³-hybridized carbons (Fsp3) is 0.833. The van der Waals surface area contributed by atoms with Gasteiger partial charge in [-0.1, -0.05) is 0 Å². The van der Waals surface area contributed by atoms with E-state index in [4.69, 9.17) is 0 Å². The first-order chi connectivity index (χ1) is 7.50. The number of amides is 1. The van der Waals surface area contributed by atoms with Crippen LogP contribution in [0.2, 0.25) is 0 Å².